The molecule has 2 atom stereocenters. The number of hydrogen-bond donors (Lipinski definition) is 0. The molecule has 2 aliphatic heterocycles. The standard InChI is InChI=1S/C24H23F3N2O3/c1-14-4-6-17(7-5-14)20-21(28-12-15(2)32-16(3)13-28)23(31)29(22(20)30)19-10-8-18(9-11-19)24(25,26)27/h4-11,15-16H,12-13H2,1-3H3. The van der Waals surface area contributed by atoms with Crippen LogP contribution in [0.4, 0.5) is 18.9 Å². The van der Waals surface area contributed by atoms with E-state index in [2.05, 4.69) is 0 Å². The van der Waals surface area contributed by atoms with E-state index in [4.69, 9.17) is 4.74 Å². The number of rotatable bonds is 3. The lowest BCUT2D eigenvalue weighted by Gasteiger charge is -2.37. The van der Waals surface area contributed by atoms with Crippen LogP contribution < -0.4 is 4.90 Å². The molecule has 2 unspecified atom stereocenters. The van der Waals surface area contributed by atoms with E-state index in [9.17, 15) is 22.8 Å². The van der Waals surface area contributed by atoms with Crippen LogP contribution in [-0.4, -0.2) is 42.0 Å². The summed E-state index contributed by atoms with van der Waals surface area (Å²) in [7, 11) is 0. The monoisotopic (exact) mass is 444 g/mol. The molecule has 0 N–H and O–H groups in total. The molecule has 8 heteroatoms. The molecule has 0 saturated carbocycles. The summed E-state index contributed by atoms with van der Waals surface area (Å²) in [6.45, 7) is 6.55. The largest absolute Gasteiger partial charge is 0.416 e. The highest BCUT2D eigenvalue weighted by molar-refractivity contribution is 6.45. The van der Waals surface area contributed by atoms with Crippen LogP contribution in [-0.2, 0) is 20.5 Å². The maximum absolute atomic E-state index is 13.5. The number of hydrogen-bond acceptors (Lipinski definition) is 4. The number of ether oxygens (including phenoxy) is 1. The van der Waals surface area contributed by atoms with Gasteiger partial charge < -0.3 is 9.64 Å². The summed E-state index contributed by atoms with van der Waals surface area (Å²) in [6.07, 6.45) is -4.80. The Morgan fingerprint density at radius 1 is 0.875 bits per heavy atom. The minimum absolute atomic E-state index is 0.0990. The van der Waals surface area contributed by atoms with Crippen LogP contribution in [0, 0.1) is 6.92 Å². The second-order valence-corrected chi connectivity index (χ2v) is 8.24. The second-order valence-electron chi connectivity index (χ2n) is 8.24. The lowest BCUT2D eigenvalue weighted by Crippen LogP contribution is -2.47. The Morgan fingerprint density at radius 3 is 1.97 bits per heavy atom. The summed E-state index contributed by atoms with van der Waals surface area (Å²) in [4.78, 5) is 29.8. The number of amides is 2. The Bertz CT molecular complexity index is 1070. The van der Waals surface area contributed by atoms with E-state index >= 15 is 0 Å². The molecule has 2 aromatic rings. The maximum Gasteiger partial charge on any atom is 0.416 e. The Kier molecular flexibility index (Phi) is 5.58. The first-order valence-electron chi connectivity index (χ1n) is 10.3. The minimum atomic E-state index is -4.51. The predicted molar refractivity (Wildman–Crippen MR) is 114 cm³/mol. The average Bonchev–Trinajstić information content (AvgIpc) is 2.97. The molecular formula is C24H23F3N2O3. The van der Waals surface area contributed by atoms with Gasteiger partial charge in [0, 0.05) is 13.1 Å². The van der Waals surface area contributed by atoms with Crippen molar-refractivity contribution in [2.45, 2.75) is 39.2 Å². The van der Waals surface area contributed by atoms with Crippen LogP contribution in [0.2, 0.25) is 0 Å². The van der Waals surface area contributed by atoms with Gasteiger partial charge in [0.15, 0.2) is 0 Å². The van der Waals surface area contributed by atoms with E-state index in [0.29, 0.717) is 18.7 Å². The molecule has 32 heavy (non-hydrogen) atoms. The van der Waals surface area contributed by atoms with Gasteiger partial charge in [-0.1, -0.05) is 29.8 Å². The molecule has 0 spiro atoms. The molecular weight excluding hydrogens is 421 g/mol. The molecule has 5 nitrogen and oxygen atoms in total. The van der Waals surface area contributed by atoms with Gasteiger partial charge >= 0.3 is 6.18 Å². The van der Waals surface area contributed by atoms with Gasteiger partial charge in [0.2, 0.25) is 0 Å². The molecule has 2 amide bonds. The molecule has 2 heterocycles. The predicted octanol–water partition coefficient (Wildman–Crippen LogP) is 4.41. The Balaban J connectivity index is 1.78. The van der Waals surface area contributed by atoms with Crippen molar-refractivity contribution in [2.24, 2.45) is 0 Å². The molecule has 0 aromatic heterocycles. The lowest BCUT2D eigenvalue weighted by molar-refractivity contribution is -0.137. The highest BCUT2D eigenvalue weighted by atomic mass is 19.4. The summed E-state index contributed by atoms with van der Waals surface area (Å²) < 4.78 is 44.7. The Morgan fingerprint density at radius 2 is 1.44 bits per heavy atom. The van der Waals surface area contributed by atoms with Crippen LogP contribution in [0.1, 0.15) is 30.5 Å². The number of carbonyl (C=O) groups excluding carboxylic acids is 2. The smallest absolute Gasteiger partial charge is 0.372 e. The van der Waals surface area contributed by atoms with Crippen molar-refractivity contribution < 1.29 is 27.5 Å². The second kappa shape index (κ2) is 8.09. The number of halogens is 3. The third kappa shape index (κ3) is 4.02. The van der Waals surface area contributed by atoms with Gasteiger partial charge in [-0.05, 0) is 50.6 Å². The maximum atomic E-state index is 13.5. The van der Waals surface area contributed by atoms with Gasteiger partial charge in [0.1, 0.15) is 5.70 Å². The summed E-state index contributed by atoms with van der Waals surface area (Å²) in [6, 6.07) is 11.3. The van der Waals surface area contributed by atoms with Gasteiger partial charge in [0.25, 0.3) is 11.8 Å². The number of imide groups is 1. The molecule has 168 valence electrons. The van der Waals surface area contributed by atoms with Gasteiger partial charge in [-0.25, -0.2) is 4.90 Å². The van der Waals surface area contributed by atoms with Crippen LogP contribution in [0.3, 0.4) is 0 Å². The zero-order valence-electron chi connectivity index (χ0n) is 17.9. The summed E-state index contributed by atoms with van der Waals surface area (Å²) >= 11 is 0. The van der Waals surface area contributed by atoms with Gasteiger partial charge in [0.05, 0.1) is 29.0 Å². The zero-order valence-corrected chi connectivity index (χ0v) is 17.9. The number of benzene rings is 2. The number of nitrogens with zero attached hydrogens (tertiary/aromatic N) is 2. The van der Waals surface area contributed by atoms with Crippen molar-refractivity contribution in [1.82, 2.24) is 4.90 Å². The van der Waals surface area contributed by atoms with Crippen molar-refractivity contribution >= 4 is 23.1 Å². The van der Waals surface area contributed by atoms with Crippen molar-refractivity contribution in [3.05, 3.63) is 70.9 Å². The molecule has 2 aliphatic rings. The molecule has 0 aliphatic carbocycles. The van der Waals surface area contributed by atoms with Crippen LogP contribution in [0.25, 0.3) is 5.57 Å². The van der Waals surface area contributed by atoms with E-state index in [-0.39, 0.29) is 29.2 Å². The van der Waals surface area contributed by atoms with E-state index in [1.807, 2.05) is 37.8 Å². The summed E-state index contributed by atoms with van der Waals surface area (Å²) in [5, 5.41) is 0. The van der Waals surface area contributed by atoms with Crippen molar-refractivity contribution in [3.63, 3.8) is 0 Å². The minimum Gasteiger partial charge on any atom is -0.372 e. The normalized spacial score (nSPS) is 22.2. The topological polar surface area (TPSA) is 49.9 Å². The quantitative estimate of drug-likeness (QED) is 0.659. The highest BCUT2D eigenvalue weighted by Crippen LogP contribution is 2.37. The van der Waals surface area contributed by atoms with Gasteiger partial charge in [-0.2, -0.15) is 13.2 Å². The van der Waals surface area contributed by atoms with Crippen LogP contribution in [0.5, 0.6) is 0 Å². The molecule has 1 saturated heterocycles. The molecule has 0 bridgehead atoms. The molecule has 0 radical (unpaired) electrons. The first-order chi connectivity index (χ1) is 15.1. The summed E-state index contributed by atoms with van der Waals surface area (Å²) in [5.41, 5.74) is 1.34. The van der Waals surface area contributed by atoms with E-state index in [1.54, 1.807) is 12.1 Å². The third-order valence-electron chi connectivity index (χ3n) is 5.59. The number of aryl methyl sites for hydroxylation is 1. The van der Waals surface area contributed by atoms with Gasteiger partial charge in [-0.3, -0.25) is 9.59 Å². The van der Waals surface area contributed by atoms with E-state index in [0.717, 1.165) is 34.7 Å². The lowest BCUT2D eigenvalue weighted by atomic mass is 10.0. The first kappa shape index (κ1) is 22.1. The fourth-order valence-electron chi connectivity index (χ4n) is 4.19. The molecule has 4 rings (SSSR count). The Labute approximate surface area is 184 Å². The average molecular weight is 444 g/mol. The fourth-order valence-corrected chi connectivity index (χ4v) is 4.19. The molecule has 1 fully saturated rings. The number of alkyl halides is 3. The van der Waals surface area contributed by atoms with Crippen molar-refractivity contribution in [3.8, 4) is 0 Å². The third-order valence-corrected chi connectivity index (χ3v) is 5.59. The number of morpholine rings is 1. The first-order valence-corrected chi connectivity index (χ1v) is 10.3. The molecule has 2 aromatic carbocycles. The van der Waals surface area contributed by atoms with Crippen molar-refractivity contribution in [1.29, 1.82) is 0 Å². The van der Waals surface area contributed by atoms with Gasteiger partial charge in [-0.15, -0.1) is 0 Å². The SMILES string of the molecule is Cc1ccc(C2=C(N3CC(C)OC(C)C3)C(=O)N(c3ccc(C(F)(F)F)cc3)C2=O)cc1. The van der Waals surface area contributed by atoms with E-state index in [1.165, 1.54) is 0 Å². The summed E-state index contributed by atoms with van der Waals surface area (Å²) in [5.74, 6) is -1.10. The van der Waals surface area contributed by atoms with E-state index < -0.39 is 23.6 Å². The Hall–Kier alpha value is -3.13. The van der Waals surface area contributed by atoms with Crippen LogP contribution >= 0.6 is 0 Å². The fraction of sp³-hybridized carbons (Fsp3) is 0.333. The number of anilines is 1. The number of carbonyl (C=O) groups is 2. The van der Waals surface area contributed by atoms with Crippen LogP contribution in [0.15, 0.2) is 54.2 Å². The van der Waals surface area contributed by atoms with Crippen molar-refractivity contribution in [2.75, 3.05) is 18.0 Å². The highest BCUT2D eigenvalue weighted by Gasteiger charge is 2.44. The zero-order chi connectivity index (χ0) is 23.2.